The highest BCUT2D eigenvalue weighted by Gasteiger charge is 2.37. The van der Waals surface area contributed by atoms with E-state index < -0.39 is 33.3 Å². The van der Waals surface area contributed by atoms with E-state index in [0.29, 0.717) is 0 Å². The quantitative estimate of drug-likeness (QED) is 0.489. The molecule has 0 bridgehead atoms. The van der Waals surface area contributed by atoms with Crippen molar-refractivity contribution < 1.29 is 31.1 Å². The van der Waals surface area contributed by atoms with Gasteiger partial charge in [0, 0.05) is 31.9 Å². The number of halogens is 3. The Morgan fingerprint density at radius 2 is 1.62 bits per heavy atom. The zero-order valence-electron chi connectivity index (χ0n) is 18.4. The fourth-order valence-electron chi connectivity index (χ4n) is 4.01. The van der Waals surface area contributed by atoms with Crippen molar-refractivity contribution >= 4 is 32.5 Å². The highest BCUT2D eigenvalue weighted by atomic mass is 32.2. The van der Waals surface area contributed by atoms with Crippen molar-refractivity contribution in [2.45, 2.75) is 18.0 Å². The van der Waals surface area contributed by atoms with Crippen molar-refractivity contribution in [2.24, 2.45) is 0 Å². The van der Waals surface area contributed by atoms with Gasteiger partial charge in [0.2, 0.25) is 10.0 Å². The van der Waals surface area contributed by atoms with E-state index >= 15 is 0 Å². The minimum absolute atomic E-state index is 0.0362. The number of benzene rings is 3. The molecule has 10 heteroatoms. The number of ether oxygens (including phenoxy) is 1. The van der Waals surface area contributed by atoms with Gasteiger partial charge in [0.15, 0.2) is 0 Å². The Bertz CT molecular complexity index is 1320. The first kappa shape index (κ1) is 24.0. The van der Waals surface area contributed by atoms with Gasteiger partial charge in [0.25, 0.3) is 0 Å². The molecule has 0 N–H and O–H groups in total. The number of hydrogen-bond acceptors (Lipinski definition) is 5. The molecule has 6 nitrogen and oxygen atoms in total. The van der Waals surface area contributed by atoms with Gasteiger partial charge in [-0.3, -0.25) is 0 Å². The Morgan fingerprint density at radius 1 is 0.941 bits per heavy atom. The van der Waals surface area contributed by atoms with E-state index in [4.69, 9.17) is 4.74 Å². The molecule has 3 aromatic carbocycles. The molecule has 34 heavy (non-hydrogen) atoms. The maximum absolute atomic E-state index is 13.6. The highest BCUT2D eigenvalue weighted by molar-refractivity contribution is 7.89. The predicted molar refractivity (Wildman–Crippen MR) is 122 cm³/mol. The summed E-state index contributed by atoms with van der Waals surface area (Å²) in [6.45, 7) is 2.15. The van der Waals surface area contributed by atoms with Crippen LogP contribution < -0.4 is 4.90 Å². The molecular weight excluding hydrogens is 469 g/mol. The average molecular weight is 493 g/mol. The lowest BCUT2D eigenvalue weighted by Gasteiger charge is -2.35. The summed E-state index contributed by atoms with van der Waals surface area (Å²) in [5, 5.41) is 1.74. The van der Waals surface area contributed by atoms with Gasteiger partial charge in [-0.1, -0.05) is 30.3 Å². The Kier molecular flexibility index (Phi) is 6.55. The number of sulfonamides is 1. The van der Waals surface area contributed by atoms with Gasteiger partial charge in [0.1, 0.15) is 0 Å². The highest BCUT2D eigenvalue weighted by Crippen LogP contribution is 2.35. The Hall–Kier alpha value is -3.11. The summed E-state index contributed by atoms with van der Waals surface area (Å²) in [4.78, 5) is 13.8. The molecule has 1 saturated heterocycles. The number of piperazine rings is 1. The molecule has 0 spiro atoms. The van der Waals surface area contributed by atoms with Gasteiger partial charge in [-0.05, 0) is 48.0 Å². The van der Waals surface area contributed by atoms with E-state index in [-0.39, 0.29) is 43.4 Å². The van der Waals surface area contributed by atoms with E-state index in [1.165, 1.54) is 17.3 Å². The second-order valence-electron chi connectivity index (χ2n) is 7.85. The van der Waals surface area contributed by atoms with E-state index in [1.54, 1.807) is 23.1 Å². The molecular formula is C24H23F3N2O4S. The van der Waals surface area contributed by atoms with Crippen LogP contribution in [0.25, 0.3) is 10.8 Å². The van der Waals surface area contributed by atoms with E-state index in [1.807, 2.05) is 24.3 Å². The van der Waals surface area contributed by atoms with Crippen molar-refractivity contribution in [1.82, 2.24) is 4.31 Å². The number of rotatable bonds is 5. The second kappa shape index (κ2) is 9.27. The number of alkyl halides is 3. The van der Waals surface area contributed by atoms with Crippen molar-refractivity contribution in [3.05, 3.63) is 71.8 Å². The van der Waals surface area contributed by atoms with E-state index in [0.717, 1.165) is 22.9 Å². The largest absolute Gasteiger partial charge is 0.462 e. The number of anilines is 1. The van der Waals surface area contributed by atoms with Gasteiger partial charge < -0.3 is 9.64 Å². The van der Waals surface area contributed by atoms with Gasteiger partial charge >= 0.3 is 12.1 Å². The van der Waals surface area contributed by atoms with E-state index in [9.17, 15) is 26.4 Å². The number of esters is 1. The molecule has 1 aliphatic heterocycles. The molecule has 1 heterocycles. The Labute approximate surface area is 195 Å². The van der Waals surface area contributed by atoms with Crippen LogP contribution in [-0.2, 0) is 20.9 Å². The molecule has 0 amide bonds. The molecule has 0 aromatic heterocycles. The van der Waals surface area contributed by atoms with Crippen LogP contribution >= 0.6 is 0 Å². The monoisotopic (exact) mass is 492 g/mol. The number of carbonyl (C=O) groups is 1. The maximum atomic E-state index is 13.6. The first-order chi connectivity index (χ1) is 16.1. The summed E-state index contributed by atoms with van der Waals surface area (Å²) >= 11 is 0. The first-order valence-corrected chi connectivity index (χ1v) is 12.2. The van der Waals surface area contributed by atoms with Gasteiger partial charge in [0.05, 0.1) is 22.6 Å². The summed E-state index contributed by atoms with van der Waals surface area (Å²) in [7, 11) is -3.75. The lowest BCUT2D eigenvalue weighted by atomic mass is 10.1. The smallest absolute Gasteiger partial charge is 0.417 e. The number of fused-ring (bicyclic) bond motifs is 1. The molecule has 180 valence electrons. The third-order valence-electron chi connectivity index (χ3n) is 5.77. The average Bonchev–Trinajstić information content (AvgIpc) is 2.83. The minimum atomic E-state index is -4.74. The second-order valence-corrected chi connectivity index (χ2v) is 9.79. The van der Waals surface area contributed by atoms with Crippen LogP contribution in [0.4, 0.5) is 18.9 Å². The molecule has 3 aromatic rings. The fourth-order valence-corrected chi connectivity index (χ4v) is 5.47. The SMILES string of the molecule is CCOC(=O)c1ccc(N2CCN(S(=O)(=O)c3ccc4ccccc4c3)CC2)cc1C(F)(F)F. The molecule has 1 fully saturated rings. The third kappa shape index (κ3) is 4.74. The van der Waals surface area contributed by atoms with Crippen molar-refractivity contribution in [1.29, 1.82) is 0 Å². The van der Waals surface area contributed by atoms with Gasteiger partial charge in [-0.2, -0.15) is 17.5 Å². The lowest BCUT2D eigenvalue weighted by Crippen LogP contribution is -2.48. The van der Waals surface area contributed by atoms with Crippen LogP contribution in [0.3, 0.4) is 0 Å². The van der Waals surface area contributed by atoms with E-state index in [2.05, 4.69) is 0 Å². The summed E-state index contributed by atoms with van der Waals surface area (Å²) in [6, 6.07) is 15.8. The Balaban J connectivity index is 1.53. The molecule has 0 saturated carbocycles. The molecule has 0 aliphatic carbocycles. The summed E-state index contributed by atoms with van der Waals surface area (Å²) < 4.78 is 73.2. The van der Waals surface area contributed by atoms with Crippen LogP contribution in [0.1, 0.15) is 22.8 Å². The number of nitrogens with zero attached hydrogens (tertiary/aromatic N) is 2. The molecule has 4 rings (SSSR count). The molecule has 1 aliphatic rings. The predicted octanol–water partition coefficient (Wildman–Crippen LogP) is 4.55. The van der Waals surface area contributed by atoms with Crippen LogP contribution in [0.2, 0.25) is 0 Å². The van der Waals surface area contributed by atoms with Crippen molar-refractivity contribution in [2.75, 3.05) is 37.7 Å². The van der Waals surface area contributed by atoms with Crippen LogP contribution in [0, 0.1) is 0 Å². The fraction of sp³-hybridized carbons (Fsp3) is 0.292. The zero-order chi connectivity index (χ0) is 24.5. The molecule has 0 radical (unpaired) electrons. The summed E-state index contributed by atoms with van der Waals surface area (Å²) in [5.41, 5.74) is -1.35. The standard InChI is InChI=1S/C24H23F3N2O4S/c1-2-33-23(30)21-10-8-19(16-22(21)24(25,26)27)28-11-13-29(14-12-28)34(31,32)20-9-7-17-5-3-4-6-18(17)15-20/h3-10,15-16H,2,11-14H2,1H3. The zero-order valence-corrected chi connectivity index (χ0v) is 19.2. The van der Waals surface area contributed by atoms with Crippen LogP contribution in [0.5, 0.6) is 0 Å². The van der Waals surface area contributed by atoms with Crippen LogP contribution in [0.15, 0.2) is 65.6 Å². The number of carbonyl (C=O) groups excluding carboxylic acids is 1. The van der Waals surface area contributed by atoms with Crippen molar-refractivity contribution in [3.63, 3.8) is 0 Å². The first-order valence-electron chi connectivity index (χ1n) is 10.7. The maximum Gasteiger partial charge on any atom is 0.417 e. The number of hydrogen-bond donors (Lipinski definition) is 0. The summed E-state index contributed by atoms with van der Waals surface area (Å²) in [5.74, 6) is -1.03. The minimum Gasteiger partial charge on any atom is -0.462 e. The third-order valence-corrected chi connectivity index (χ3v) is 7.66. The Morgan fingerprint density at radius 3 is 2.26 bits per heavy atom. The lowest BCUT2D eigenvalue weighted by molar-refractivity contribution is -0.138. The summed E-state index contributed by atoms with van der Waals surface area (Å²) in [6.07, 6.45) is -4.74. The topological polar surface area (TPSA) is 66.9 Å². The molecule has 0 atom stereocenters. The van der Waals surface area contributed by atoms with Crippen molar-refractivity contribution in [3.8, 4) is 0 Å². The van der Waals surface area contributed by atoms with Gasteiger partial charge in [-0.25, -0.2) is 13.2 Å². The van der Waals surface area contributed by atoms with Crippen LogP contribution in [-0.4, -0.2) is 51.5 Å². The normalized spacial score (nSPS) is 15.5. The molecule has 0 unspecified atom stereocenters. The van der Waals surface area contributed by atoms with Gasteiger partial charge in [-0.15, -0.1) is 0 Å².